The number of anilines is 1. The highest BCUT2D eigenvalue weighted by Crippen LogP contribution is 2.34. The third kappa shape index (κ3) is 4.50. The van der Waals surface area contributed by atoms with Crippen molar-refractivity contribution >= 4 is 17.5 Å². The van der Waals surface area contributed by atoms with Gasteiger partial charge in [0.05, 0.1) is 27.2 Å². The van der Waals surface area contributed by atoms with Gasteiger partial charge >= 0.3 is 0 Å². The first-order valence-electron chi connectivity index (χ1n) is 9.96. The summed E-state index contributed by atoms with van der Waals surface area (Å²) in [5.41, 5.74) is 2.80. The first kappa shape index (κ1) is 21.5. The van der Waals surface area contributed by atoms with Crippen LogP contribution in [-0.4, -0.2) is 39.7 Å². The average Bonchev–Trinajstić information content (AvgIpc) is 3.18. The van der Waals surface area contributed by atoms with Crippen molar-refractivity contribution < 1.29 is 23.8 Å². The molecular weight excluding hydrogens is 384 g/mol. The first-order chi connectivity index (χ1) is 14.5. The molecule has 1 aliphatic heterocycles. The maximum Gasteiger partial charge on any atom is 0.227 e. The Morgan fingerprint density at radius 2 is 1.67 bits per heavy atom. The molecule has 0 saturated carbocycles. The summed E-state index contributed by atoms with van der Waals surface area (Å²) in [6.45, 7) is 2.72. The van der Waals surface area contributed by atoms with E-state index in [1.807, 2.05) is 24.3 Å². The molecule has 0 unspecified atom stereocenters. The summed E-state index contributed by atoms with van der Waals surface area (Å²) in [5.74, 6) is 1.11. The van der Waals surface area contributed by atoms with Gasteiger partial charge in [0.15, 0.2) is 11.5 Å². The number of hydrogen-bond donors (Lipinski definition) is 1. The molecule has 1 aliphatic rings. The zero-order chi connectivity index (χ0) is 21.7. The number of hydrogen-bond acceptors (Lipinski definition) is 5. The second kappa shape index (κ2) is 9.52. The molecule has 2 aromatic carbocycles. The second-order valence-corrected chi connectivity index (χ2v) is 7.16. The Labute approximate surface area is 176 Å². The summed E-state index contributed by atoms with van der Waals surface area (Å²) in [6.07, 6.45) is 1.14. The van der Waals surface area contributed by atoms with Crippen molar-refractivity contribution in [3.8, 4) is 17.2 Å². The third-order valence-electron chi connectivity index (χ3n) is 5.39. The van der Waals surface area contributed by atoms with E-state index in [-0.39, 0.29) is 24.8 Å². The van der Waals surface area contributed by atoms with Crippen LogP contribution in [0.3, 0.4) is 0 Å². The van der Waals surface area contributed by atoms with Gasteiger partial charge in [0.25, 0.3) is 0 Å². The molecule has 1 saturated heterocycles. The summed E-state index contributed by atoms with van der Waals surface area (Å²) in [7, 11) is 4.67. The molecule has 0 aliphatic carbocycles. The molecule has 1 N–H and O–H groups in total. The second-order valence-electron chi connectivity index (χ2n) is 7.16. The van der Waals surface area contributed by atoms with Gasteiger partial charge in [-0.15, -0.1) is 0 Å². The number of aryl methyl sites for hydroxylation is 1. The zero-order valence-electron chi connectivity index (χ0n) is 17.9. The summed E-state index contributed by atoms with van der Waals surface area (Å²) in [5, 5.41) is 2.92. The maximum atomic E-state index is 12.7. The molecule has 160 valence electrons. The van der Waals surface area contributed by atoms with Crippen molar-refractivity contribution in [2.75, 3.05) is 32.8 Å². The number of rotatable bonds is 8. The van der Waals surface area contributed by atoms with E-state index >= 15 is 0 Å². The lowest BCUT2D eigenvalue weighted by atomic mass is 10.1. The van der Waals surface area contributed by atoms with Gasteiger partial charge in [-0.1, -0.05) is 19.1 Å². The highest BCUT2D eigenvalue weighted by Gasteiger charge is 2.35. The molecule has 2 aromatic rings. The van der Waals surface area contributed by atoms with E-state index in [1.165, 1.54) is 5.56 Å². The standard InChI is InChI=1S/C23H28N2O5/c1-5-15-6-8-18(9-7-15)25-14-17(11-22(25)26)23(27)24-13-16-10-20(29-3)21(30-4)12-19(16)28-2/h6-10,12,17H,5,11,13-14H2,1-4H3,(H,24,27)/t17-/m0/s1. The molecule has 2 amide bonds. The number of carbonyl (C=O) groups is 2. The predicted molar refractivity (Wildman–Crippen MR) is 114 cm³/mol. The lowest BCUT2D eigenvalue weighted by molar-refractivity contribution is -0.126. The number of ether oxygens (including phenoxy) is 3. The molecule has 30 heavy (non-hydrogen) atoms. The van der Waals surface area contributed by atoms with Crippen LogP contribution in [0, 0.1) is 5.92 Å². The topological polar surface area (TPSA) is 77.1 Å². The van der Waals surface area contributed by atoms with Crippen LogP contribution in [0.2, 0.25) is 0 Å². The smallest absolute Gasteiger partial charge is 0.227 e. The minimum Gasteiger partial charge on any atom is -0.496 e. The molecule has 0 bridgehead atoms. The molecule has 1 atom stereocenters. The van der Waals surface area contributed by atoms with Crippen molar-refractivity contribution in [3.63, 3.8) is 0 Å². The van der Waals surface area contributed by atoms with Gasteiger partial charge in [0, 0.05) is 36.8 Å². The van der Waals surface area contributed by atoms with E-state index in [4.69, 9.17) is 14.2 Å². The number of benzene rings is 2. The maximum absolute atomic E-state index is 12.7. The zero-order valence-corrected chi connectivity index (χ0v) is 17.9. The van der Waals surface area contributed by atoms with Gasteiger partial charge in [0.1, 0.15) is 5.75 Å². The fourth-order valence-electron chi connectivity index (χ4n) is 3.60. The van der Waals surface area contributed by atoms with Crippen LogP contribution in [0.25, 0.3) is 0 Å². The van der Waals surface area contributed by atoms with Crippen molar-refractivity contribution in [2.24, 2.45) is 5.92 Å². The summed E-state index contributed by atoms with van der Waals surface area (Å²) >= 11 is 0. The lowest BCUT2D eigenvalue weighted by Crippen LogP contribution is -2.32. The van der Waals surface area contributed by atoms with Crippen LogP contribution in [-0.2, 0) is 22.6 Å². The van der Waals surface area contributed by atoms with Gasteiger partial charge in [-0.25, -0.2) is 0 Å². The van der Waals surface area contributed by atoms with Crippen molar-refractivity contribution in [1.82, 2.24) is 5.32 Å². The molecule has 1 heterocycles. The summed E-state index contributed by atoms with van der Waals surface area (Å²) in [4.78, 5) is 26.9. The molecule has 0 spiro atoms. The monoisotopic (exact) mass is 412 g/mol. The largest absolute Gasteiger partial charge is 0.496 e. The summed E-state index contributed by atoms with van der Waals surface area (Å²) in [6, 6.07) is 11.4. The average molecular weight is 412 g/mol. The number of carbonyl (C=O) groups excluding carboxylic acids is 2. The highest BCUT2D eigenvalue weighted by atomic mass is 16.5. The first-order valence-corrected chi connectivity index (χ1v) is 9.96. The molecule has 1 fully saturated rings. The highest BCUT2D eigenvalue weighted by molar-refractivity contribution is 6.00. The summed E-state index contributed by atoms with van der Waals surface area (Å²) < 4.78 is 16.0. The Balaban J connectivity index is 1.66. The fraction of sp³-hybridized carbons (Fsp3) is 0.391. The molecule has 0 radical (unpaired) electrons. The lowest BCUT2D eigenvalue weighted by Gasteiger charge is -2.18. The fourth-order valence-corrected chi connectivity index (χ4v) is 3.60. The Hall–Kier alpha value is -3.22. The predicted octanol–water partition coefficient (Wildman–Crippen LogP) is 2.94. The van der Waals surface area contributed by atoms with Crippen molar-refractivity contribution in [1.29, 1.82) is 0 Å². The number of methoxy groups -OCH3 is 3. The quantitative estimate of drug-likeness (QED) is 0.721. The Morgan fingerprint density at radius 1 is 1.03 bits per heavy atom. The Morgan fingerprint density at radius 3 is 2.27 bits per heavy atom. The Kier molecular flexibility index (Phi) is 6.82. The number of nitrogens with one attached hydrogen (secondary N) is 1. The van der Waals surface area contributed by atoms with Gasteiger partial charge in [-0.3, -0.25) is 9.59 Å². The van der Waals surface area contributed by atoms with Crippen LogP contribution in [0.15, 0.2) is 36.4 Å². The van der Waals surface area contributed by atoms with Gasteiger partial charge in [-0.2, -0.15) is 0 Å². The molecule has 0 aromatic heterocycles. The van der Waals surface area contributed by atoms with E-state index in [2.05, 4.69) is 12.2 Å². The van der Waals surface area contributed by atoms with Crippen LogP contribution in [0.1, 0.15) is 24.5 Å². The van der Waals surface area contributed by atoms with E-state index in [0.29, 0.717) is 23.8 Å². The Bertz CT molecular complexity index is 911. The van der Waals surface area contributed by atoms with Gasteiger partial charge in [0.2, 0.25) is 11.8 Å². The van der Waals surface area contributed by atoms with Crippen LogP contribution in [0.4, 0.5) is 5.69 Å². The van der Waals surface area contributed by atoms with Crippen LogP contribution in [0.5, 0.6) is 17.2 Å². The van der Waals surface area contributed by atoms with Crippen LogP contribution >= 0.6 is 0 Å². The third-order valence-corrected chi connectivity index (χ3v) is 5.39. The SMILES string of the molecule is CCc1ccc(N2C[C@@H](C(=O)NCc3cc(OC)c(OC)cc3OC)CC2=O)cc1. The van der Waals surface area contributed by atoms with Crippen molar-refractivity contribution in [3.05, 3.63) is 47.5 Å². The normalized spacial score (nSPS) is 15.8. The molecule has 7 heteroatoms. The minimum absolute atomic E-state index is 0.0388. The van der Waals surface area contributed by atoms with E-state index in [0.717, 1.165) is 17.7 Å². The minimum atomic E-state index is -0.394. The molecule has 3 rings (SSSR count). The number of nitrogens with zero attached hydrogens (tertiary/aromatic N) is 1. The van der Waals surface area contributed by atoms with Crippen LogP contribution < -0.4 is 24.4 Å². The van der Waals surface area contributed by atoms with Crippen molar-refractivity contribution in [2.45, 2.75) is 26.3 Å². The van der Waals surface area contributed by atoms with Gasteiger partial charge < -0.3 is 24.4 Å². The van der Waals surface area contributed by atoms with E-state index in [9.17, 15) is 9.59 Å². The van der Waals surface area contributed by atoms with Gasteiger partial charge in [-0.05, 0) is 30.2 Å². The van der Waals surface area contributed by atoms with E-state index in [1.54, 1.807) is 38.4 Å². The van der Waals surface area contributed by atoms with E-state index < -0.39 is 5.92 Å². The molecule has 7 nitrogen and oxygen atoms in total. The number of amides is 2. The molecular formula is C23H28N2O5.